The Balaban J connectivity index is 4.01. The molecule has 0 heterocycles. The van der Waals surface area contributed by atoms with Gasteiger partial charge in [0.15, 0.2) is 0 Å². The van der Waals surface area contributed by atoms with Crippen LogP contribution in [-0.2, 0) is 19.1 Å². The highest BCUT2D eigenvalue weighted by Crippen LogP contribution is 2.16. The summed E-state index contributed by atoms with van der Waals surface area (Å²) >= 11 is 0. The number of hydrogen-bond acceptors (Lipinski definition) is 4. The average Bonchev–Trinajstić information content (AvgIpc) is 2.97. The fourth-order valence-electron chi connectivity index (χ4n) is 5.25. The molecule has 0 aromatic heterocycles. The van der Waals surface area contributed by atoms with Gasteiger partial charge in [-0.1, -0.05) is 142 Å². The summed E-state index contributed by atoms with van der Waals surface area (Å²) in [4.78, 5) is 34.7. The highest BCUT2D eigenvalue weighted by molar-refractivity contribution is 5.80. The summed E-state index contributed by atoms with van der Waals surface area (Å²) in [6, 6.07) is 0. The number of esters is 1. The first-order valence-electron chi connectivity index (χ1n) is 17.8. The Morgan fingerprint density at radius 2 is 1.07 bits per heavy atom. The second kappa shape index (κ2) is 32.1. The molecular formula is C36H67NO5. The second-order valence-corrected chi connectivity index (χ2v) is 12.1. The van der Waals surface area contributed by atoms with E-state index in [4.69, 9.17) is 9.84 Å². The zero-order valence-electron chi connectivity index (χ0n) is 27.6. The third-order valence-electron chi connectivity index (χ3n) is 7.92. The van der Waals surface area contributed by atoms with Gasteiger partial charge in [-0.15, -0.1) is 0 Å². The molecule has 246 valence electrons. The van der Waals surface area contributed by atoms with Gasteiger partial charge in [-0.3, -0.25) is 14.4 Å². The summed E-state index contributed by atoms with van der Waals surface area (Å²) in [5.74, 6) is -1.32. The summed E-state index contributed by atoms with van der Waals surface area (Å²) in [7, 11) is 0. The topological polar surface area (TPSA) is 92.7 Å². The van der Waals surface area contributed by atoms with Crippen molar-refractivity contribution in [1.29, 1.82) is 0 Å². The van der Waals surface area contributed by atoms with Crippen LogP contribution in [0.5, 0.6) is 0 Å². The van der Waals surface area contributed by atoms with Crippen LogP contribution < -0.4 is 5.32 Å². The highest BCUT2D eigenvalue weighted by Gasteiger charge is 2.12. The molecule has 1 atom stereocenters. The number of carbonyl (C=O) groups is 3. The summed E-state index contributed by atoms with van der Waals surface area (Å²) in [6.07, 6.45) is 34.9. The van der Waals surface area contributed by atoms with Gasteiger partial charge in [0, 0.05) is 12.8 Å². The number of rotatable bonds is 32. The van der Waals surface area contributed by atoms with Crippen LogP contribution in [0, 0.1) is 0 Å². The van der Waals surface area contributed by atoms with Crippen molar-refractivity contribution in [3.63, 3.8) is 0 Å². The van der Waals surface area contributed by atoms with Gasteiger partial charge in [-0.05, 0) is 44.6 Å². The second-order valence-electron chi connectivity index (χ2n) is 12.1. The van der Waals surface area contributed by atoms with Crippen molar-refractivity contribution in [2.45, 2.75) is 193 Å². The molecule has 0 bridgehead atoms. The Bertz CT molecular complexity index is 663. The summed E-state index contributed by atoms with van der Waals surface area (Å²) in [5.41, 5.74) is 0. The molecule has 0 fully saturated rings. The molecule has 0 aliphatic rings. The van der Waals surface area contributed by atoms with Gasteiger partial charge in [0.25, 0.3) is 0 Å². The monoisotopic (exact) mass is 594 g/mol. The smallest absolute Gasteiger partial charge is 0.322 e. The number of carbonyl (C=O) groups excluding carboxylic acids is 2. The number of unbranched alkanes of at least 4 members (excludes halogenated alkanes) is 21. The van der Waals surface area contributed by atoms with E-state index in [1.807, 2.05) is 0 Å². The molecule has 0 aromatic rings. The first-order chi connectivity index (χ1) is 20.5. The lowest BCUT2D eigenvalue weighted by Crippen LogP contribution is -2.28. The van der Waals surface area contributed by atoms with Gasteiger partial charge in [0.05, 0.1) is 0 Å². The van der Waals surface area contributed by atoms with Crippen LogP contribution in [0.1, 0.15) is 187 Å². The van der Waals surface area contributed by atoms with Crippen molar-refractivity contribution in [2.75, 3.05) is 6.54 Å². The predicted molar refractivity (Wildman–Crippen MR) is 176 cm³/mol. The molecule has 6 nitrogen and oxygen atoms in total. The molecule has 0 radical (unpaired) electrons. The fraction of sp³-hybridized carbons (Fsp3) is 0.861. The number of carboxylic acid groups (broad SMARTS) is 1. The minimum absolute atomic E-state index is 0.0829. The third-order valence-corrected chi connectivity index (χ3v) is 7.92. The van der Waals surface area contributed by atoms with Crippen molar-refractivity contribution in [3.8, 4) is 0 Å². The van der Waals surface area contributed by atoms with Crippen LogP contribution in [0.3, 0.4) is 0 Å². The maximum absolute atomic E-state index is 12.5. The number of allylic oxidation sites excluding steroid dienone is 1. The lowest BCUT2D eigenvalue weighted by Gasteiger charge is -2.15. The van der Waals surface area contributed by atoms with Gasteiger partial charge in [-0.25, -0.2) is 0 Å². The van der Waals surface area contributed by atoms with Crippen molar-refractivity contribution in [1.82, 2.24) is 5.32 Å². The van der Waals surface area contributed by atoms with E-state index in [9.17, 15) is 14.4 Å². The Kier molecular flexibility index (Phi) is 30.7. The highest BCUT2D eigenvalue weighted by atomic mass is 16.5. The minimum atomic E-state index is -1.03. The Labute approximate surface area is 259 Å². The quantitative estimate of drug-likeness (QED) is 0.0460. The van der Waals surface area contributed by atoms with E-state index in [-0.39, 0.29) is 24.5 Å². The van der Waals surface area contributed by atoms with Crippen LogP contribution in [-0.4, -0.2) is 35.6 Å². The lowest BCUT2D eigenvalue weighted by molar-refractivity contribution is -0.147. The molecule has 42 heavy (non-hydrogen) atoms. The largest absolute Gasteiger partial charge is 0.480 e. The summed E-state index contributed by atoms with van der Waals surface area (Å²) in [5, 5.41) is 11.0. The zero-order valence-corrected chi connectivity index (χ0v) is 27.6. The van der Waals surface area contributed by atoms with Gasteiger partial charge in [0.1, 0.15) is 12.6 Å². The van der Waals surface area contributed by atoms with E-state index in [0.29, 0.717) is 12.8 Å². The molecular weight excluding hydrogens is 526 g/mol. The molecule has 0 saturated heterocycles. The van der Waals surface area contributed by atoms with Crippen LogP contribution in [0.2, 0.25) is 0 Å². The molecule has 0 saturated carbocycles. The number of nitrogens with one attached hydrogen (secondary N) is 1. The van der Waals surface area contributed by atoms with Crippen molar-refractivity contribution in [3.05, 3.63) is 12.2 Å². The van der Waals surface area contributed by atoms with Crippen molar-refractivity contribution < 1.29 is 24.2 Å². The molecule has 0 aliphatic carbocycles. The predicted octanol–water partition coefficient (Wildman–Crippen LogP) is 10.2. The van der Waals surface area contributed by atoms with E-state index in [2.05, 4.69) is 31.3 Å². The maximum Gasteiger partial charge on any atom is 0.322 e. The number of carboxylic acids is 1. The van der Waals surface area contributed by atoms with Crippen molar-refractivity contribution in [2.24, 2.45) is 0 Å². The van der Waals surface area contributed by atoms with Gasteiger partial charge in [-0.2, -0.15) is 0 Å². The van der Waals surface area contributed by atoms with Crippen molar-refractivity contribution >= 4 is 17.8 Å². The maximum atomic E-state index is 12.5. The SMILES string of the molecule is CCCCCC/C=C\C(CCCCCCC(=O)NCC(=O)O)OC(=O)CCCCCCCCCCCCCCCCC. The molecule has 6 heteroatoms. The Morgan fingerprint density at radius 3 is 1.60 bits per heavy atom. The fourth-order valence-corrected chi connectivity index (χ4v) is 5.25. The van der Waals surface area contributed by atoms with E-state index in [0.717, 1.165) is 51.4 Å². The molecule has 2 N–H and O–H groups in total. The molecule has 1 unspecified atom stereocenters. The van der Waals surface area contributed by atoms with Gasteiger partial charge >= 0.3 is 11.9 Å². The van der Waals surface area contributed by atoms with E-state index >= 15 is 0 Å². The van der Waals surface area contributed by atoms with E-state index in [1.54, 1.807) is 0 Å². The van der Waals surface area contributed by atoms with Crippen LogP contribution >= 0.6 is 0 Å². The summed E-state index contributed by atoms with van der Waals surface area (Å²) < 4.78 is 5.85. The van der Waals surface area contributed by atoms with E-state index in [1.165, 1.54) is 109 Å². The zero-order chi connectivity index (χ0) is 30.9. The molecule has 0 spiro atoms. The number of amides is 1. The third kappa shape index (κ3) is 31.1. The average molecular weight is 594 g/mol. The molecule has 0 aliphatic heterocycles. The summed E-state index contributed by atoms with van der Waals surface area (Å²) in [6.45, 7) is 4.16. The Morgan fingerprint density at radius 1 is 0.619 bits per heavy atom. The Hall–Kier alpha value is -1.85. The first kappa shape index (κ1) is 40.1. The first-order valence-corrected chi connectivity index (χ1v) is 17.8. The lowest BCUT2D eigenvalue weighted by atomic mass is 10.0. The standard InChI is InChI=1S/C36H67NO5/c1-3-5-7-9-11-12-13-14-15-16-17-18-19-21-27-31-36(41)42-33(28-24-20-10-8-6-4-2)29-25-22-23-26-30-34(38)37-32-35(39)40/h24,28,33H,3-23,25-27,29-32H2,1-2H3,(H,37,38)(H,39,40)/b28-24-. The minimum Gasteiger partial charge on any atom is -0.480 e. The van der Waals surface area contributed by atoms with Crippen LogP contribution in [0.25, 0.3) is 0 Å². The number of hydrogen-bond donors (Lipinski definition) is 2. The normalized spacial score (nSPS) is 12.0. The van der Waals surface area contributed by atoms with E-state index < -0.39 is 5.97 Å². The van der Waals surface area contributed by atoms with Crippen LogP contribution in [0.4, 0.5) is 0 Å². The molecule has 1 amide bonds. The van der Waals surface area contributed by atoms with Crippen LogP contribution in [0.15, 0.2) is 12.2 Å². The number of ether oxygens (including phenoxy) is 1. The van der Waals surface area contributed by atoms with Gasteiger partial charge < -0.3 is 15.2 Å². The number of aliphatic carboxylic acids is 1. The van der Waals surface area contributed by atoms with Gasteiger partial charge in [0.2, 0.25) is 5.91 Å². The molecule has 0 aromatic carbocycles. The molecule has 0 rings (SSSR count).